The van der Waals surface area contributed by atoms with E-state index >= 15 is 0 Å². The molecule has 0 saturated heterocycles. The normalized spacial score (nSPS) is 11.2. The van der Waals surface area contributed by atoms with Gasteiger partial charge >= 0.3 is 0 Å². The molecule has 0 aliphatic heterocycles. The van der Waals surface area contributed by atoms with Crippen LogP contribution in [0.15, 0.2) is 102 Å². The van der Waals surface area contributed by atoms with Gasteiger partial charge in [0, 0.05) is 17.7 Å². The van der Waals surface area contributed by atoms with E-state index in [1.807, 2.05) is 79.7 Å². The van der Waals surface area contributed by atoms with Gasteiger partial charge in [-0.15, -0.1) is 0 Å². The first-order chi connectivity index (χ1) is 17.5. The second-order valence-corrected chi connectivity index (χ2v) is 8.52. The van der Waals surface area contributed by atoms with Gasteiger partial charge in [-0.1, -0.05) is 84.4 Å². The number of amides is 2. The molecular weight excluding hydrogens is 450 g/mol. The monoisotopic (exact) mass is 477 g/mol. The second kappa shape index (κ2) is 11.7. The van der Waals surface area contributed by atoms with E-state index in [-0.39, 0.29) is 17.9 Å². The van der Waals surface area contributed by atoms with E-state index in [9.17, 15) is 14.4 Å². The van der Waals surface area contributed by atoms with Crippen LogP contribution in [0.3, 0.4) is 0 Å². The predicted molar refractivity (Wildman–Crippen MR) is 142 cm³/mol. The van der Waals surface area contributed by atoms with Crippen LogP contribution in [0.2, 0.25) is 0 Å². The molecule has 6 heteroatoms. The first-order valence-corrected chi connectivity index (χ1v) is 11.8. The average molecular weight is 478 g/mol. The molecule has 0 atom stereocenters. The highest BCUT2D eigenvalue weighted by Crippen LogP contribution is 2.17. The number of carbonyl (C=O) groups is 3. The van der Waals surface area contributed by atoms with Crippen molar-refractivity contribution < 1.29 is 14.4 Å². The molecule has 6 nitrogen and oxygen atoms in total. The maximum atomic E-state index is 13.1. The zero-order valence-corrected chi connectivity index (χ0v) is 20.0. The molecular formula is C30H27N3O3. The number of hydrazone groups is 1. The molecule has 4 aromatic carbocycles. The molecule has 0 aromatic heterocycles. The number of nitrogens with one attached hydrogen (secondary N) is 2. The van der Waals surface area contributed by atoms with Crippen molar-refractivity contribution in [2.45, 2.75) is 19.8 Å². The molecule has 0 bridgehead atoms. The molecule has 0 spiro atoms. The highest BCUT2D eigenvalue weighted by atomic mass is 16.2. The number of fused-ring (bicyclic) bond motifs is 1. The largest absolute Gasteiger partial charge is 0.351 e. The van der Waals surface area contributed by atoms with Gasteiger partial charge in [0.2, 0.25) is 0 Å². The molecule has 0 fully saturated rings. The van der Waals surface area contributed by atoms with Crippen molar-refractivity contribution >= 4 is 34.1 Å². The Balaban J connectivity index is 1.49. The van der Waals surface area contributed by atoms with E-state index in [0.717, 1.165) is 21.9 Å². The van der Waals surface area contributed by atoms with Crippen LogP contribution in [0.4, 0.5) is 0 Å². The minimum atomic E-state index is -0.496. The van der Waals surface area contributed by atoms with Crippen LogP contribution in [-0.2, 0) is 11.2 Å². The van der Waals surface area contributed by atoms with Crippen molar-refractivity contribution in [2.75, 3.05) is 6.54 Å². The van der Waals surface area contributed by atoms with Crippen molar-refractivity contribution in [3.8, 4) is 0 Å². The Hall–Kier alpha value is -4.58. The lowest BCUT2D eigenvalue weighted by Gasteiger charge is -2.09. The summed E-state index contributed by atoms with van der Waals surface area (Å²) in [6, 6.07) is 29.9. The Morgan fingerprint density at radius 3 is 2.17 bits per heavy atom. The van der Waals surface area contributed by atoms with Gasteiger partial charge in [-0.3, -0.25) is 14.4 Å². The third-order valence-electron chi connectivity index (χ3n) is 5.81. The number of hydrogen-bond acceptors (Lipinski definition) is 4. The first kappa shape index (κ1) is 24.5. The zero-order valence-electron chi connectivity index (χ0n) is 20.0. The van der Waals surface area contributed by atoms with Crippen LogP contribution in [-0.4, -0.2) is 29.9 Å². The smallest absolute Gasteiger partial charge is 0.271 e. The molecule has 4 aromatic rings. The van der Waals surface area contributed by atoms with Crippen LogP contribution in [0.25, 0.3) is 10.8 Å². The summed E-state index contributed by atoms with van der Waals surface area (Å²) in [6.07, 6.45) is 0.387. The number of rotatable bonds is 9. The minimum Gasteiger partial charge on any atom is -0.351 e. The first-order valence-electron chi connectivity index (χ1n) is 11.8. The number of hydrogen-bond donors (Lipinski definition) is 2. The van der Waals surface area contributed by atoms with Gasteiger partial charge in [0.15, 0.2) is 5.78 Å². The van der Waals surface area contributed by atoms with E-state index in [2.05, 4.69) is 15.8 Å². The molecule has 0 saturated carbocycles. The Kier molecular flexibility index (Phi) is 7.98. The molecule has 0 aliphatic carbocycles. The zero-order chi connectivity index (χ0) is 25.3. The molecule has 0 heterocycles. The van der Waals surface area contributed by atoms with Gasteiger partial charge in [0.25, 0.3) is 11.8 Å². The fourth-order valence-corrected chi connectivity index (χ4v) is 3.74. The van der Waals surface area contributed by atoms with Gasteiger partial charge in [0.05, 0.1) is 6.42 Å². The van der Waals surface area contributed by atoms with Crippen LogP contribution >= 0.6 is 0 Å². The van der Waals surface area contributed by atoms with E-state index < -0.39 is 11.8 Å². The molecule has 2 amide bonds. The summed E-state index contributed by atoms with van der Waals surface area (Å²) in [5.41, 5.74) is 5.36. The van der Waals surface area contributed by atoms with E-state index in [4.69, 9.17) is 0 Å². The van der Waals surface area contributed by atoms with Crippen molar-refractivity contribution in [2.24, 2.45) is 5.10 Å². The Morgan fingerprint density at radius 1 is 0.750 bits per heavy atom. The number of Topliss-reactive ketones (excluding diaryl/α,β-unsaturated/α-hetero) is 1. The van der Waals surface area contributed by atoms with E-state index in [0.29, 0.717) is 24.1 Å². The van der Waals surface area contributed by atoms with Crippen molar-refractivity contribution in [3.05, 3.63) is 119 Å². The van der Waals surface area contributed by atoms with Gasteiger partial charge in [-0.25, -0.2) is 5.43 Å². The summed E-state index contributed by atoms with van der Waals surface area (Å²) < 4.78 is 0. The highest BCUT2D eigenvalue weighted by Gasteiger charge is 2.18. The predicted octanol–water partition coefficient (Wildman–Crippen LogP) is 4.87. The number of ketones is 1. The minimum absolute atomic E-state index is 0.0540. The highest BCUT2D eigenvalue weighted by molar-refractivity contribution is 6.42. The van der Waals surface area contributed by atoms with Crippen molar-refractivity contribution in [1.82, 2.24) is 10.7 Å². The summed E-state index contributed by atoms with van der Waals surface area (Å²) >= 11 is 0. The molecule has 0 unspecified atom stereocenters. The number of aryl methyl sites for hydroxylation is 1. The van der Waals surface area contributed by atoms with Crippen LogP contribution < -0.4 is 10.7 Å². The lowest BCUT2D eigenvalue weighted by molar-refractivity contribution is -0.114. The lowest BCUT2D eigenvalue weighted by Crippen LogP contribution is -2.35. The van der Waals surface area contributed by atoms with Crippen LogP contribution in [0.1, 0.15) is 38.3 Å². The summed E-state index contributed by atoms with van der Waals surface area (Å²) in [5.74, 6) is -1.21. The fourth-order valence-electron chi connectivity index (χ4n) is 3.74. The maximum Gasteiger partial charge on any atom is 0.271 e. The average Bonchev–Trinajstić information content (AvgIpc) is 2.91. The van der Waals surface area contributed by atoms with E-state index in [1.54, 1.807) is 24.3 Å². The molecule has 0 aliphatic rings. The molecule has 36 heavy (non-hydrogen) atoms. The number of carbonyl (C=O) groups excluding carboxylic acids is 3. The topological polar surface area (TPSA) is 87.6 Å². The van der Waals surface area contributed by atoms with Crippen molar-refractivity contribution in [1.29, 1.82) is 0 Å². The molecule has 4 rings (SSSR count). The Morgan fingerprint density at radius 2 is 1.42 bits per heavy atom. The van der Waals surface area contributed by atoms with Gasteiger partial charge < -0.3 is 5.32 Å². The fraction of sp³-hybridized carbons (Fsp3) is 0.133. The van der Waals surface area contributed by atoms with Crippen molar-refractivity contribution in [3.63, 3.8) is 0 Å². The lowest BCUT2D eigenvalue weighted by atomic mass is 10.0. The summed E-state index contributed by atoms with van der Waals surface area (Å²) in [6.45, 7) is 2.30. The number of nitrogens with zero attached hydrogens (tertiary/aromatic N) is 1. The van der Waals surface area contributed by atoms with Gasteiger partial charge in [-0.2, -0.15) is 5.10 Å². The third kappa shape index (κ3) is 6.51. The molecule has 2 N–H and O–H groups in total. The van der Waals surface area contributed by atoms with Gasteiger partial charge in [-0.05, 0) is 47.9 Å². The molecule has 180 valence electrons. The third-order valence-corrected chi connectivity index (χ3v) is 5.81. The Bertz CT molecular complexity index is 1410. The quantitative estimate of drug-likeness (QED) is 0.205. The maximum absolute atomic E-state index is 13.1. The van der Waals surface area contributed by atoms with E-state index in [1.165, 1.54) is 0 Å². The summed E-state index contributed by atoms with van der Waals surface area (Å²) in [7, 11) is 0. The molecule has 0 radical (unpaired) electrons. The number of benzene rings is 4. The summed E-state index contributed by atoms with van der Waals surface area (Å²) in [5, 5.41) is 8.83. The SMILES string of the molecule is Cc1ccc(C(=O)NN=C(CC(=O)c2ccc3ccccc3c2)C(=O)NCCc2ccccc2)cc1. The second-order valence-electron chi connectivity index (χ2n) is 8.52. The van der Waals surface area contributed by atoms with Crippen LogP contribution in [0, 0.1) is 6.92 Å². The summed E-state index contributed by atoms with van der Waals surface area (Å²) in [4.78, 5) is 38.6. The Labute approximate surface area is 210 Å². The van der Waals surface area contributed by atoms with Crippen LogP contribution in [0.5, 0.6) is 0 Å². The van der Waals surface area contributed by atoms with Gasteiger partial charge in [0.1, 0.15) is 5.71 Å². The standard InChI is InChI=1S/C30H27N3O3/c1-21-11-13-24(14-12-21)29(35)33-32-27(30(36)31-18-17-22-7-3-2-4-8-22)20-28(34)26-16-15-23-9-5-6-10-25(23)19-26/h2-16,19H,17-18,20H2,1H3,(H,31,36)(H,33,35).